The van der Waals surface area contributed by atoms with Gasteiger partial charge in [-0.1, -0.05) is 30.3 Å². The lowest BCUT2D eigenvalue weighted by Gasteiger charge is -2.14. The second-order valence-electron chi connectivity index (χ2n) is 5.29. The van der Waals surface area contributed by atoms with Crippen LogP contribution in [0.1, 0.15) is 26.3 Å². The van der Waals surface area contributed by atoms with Gasteiger partial charge in [0, 0.05) is 0 Å². The maximum atomic E-state index is 12.2. The number of nitrogens with zero attached hydrogens (tertiary/aromatic N) is 1. The molecule has 0 spiro atoms. The second kappa shape index (κ2) is 6.48. The molecule has 0 bridgehead atoms. The quantitative estimate of drug-likeness (QED) is 0.608. The van der Waals surface area contributed by atoms with Crippen molar-refractivity contribution in [3.63, 3.8) is 0 Å². The van der Waals surface area contributed by atoms with E-state index in [0.717, 1.165) is 17.7 Å². The molecule has 0 saturated carbocycles. The van der Waals surface area contributed by atoms with Crippen LogP contribution < -0.4 is 4.74 Å². The molecule has 1 aliphatic rings. The van der Waals surface area contributed by atoms with Crippen LogP contribution in [-0.2, 0) is 6.42 Å². The molecule has 2 aromatic carbocycles. The minimum Gasteiger partial charge on any atom is -0.492 e. The molecule has 2 amide bonds. The monoisotopic (exact) mass is 307 g/mol. The molecule has 0 unspecified atom stereocenters. The molecule has 0 N–H and O–H groups in total. The normalized spacial score (nSPS) is 13.1. The van der Waals surface area contributed by atoms with Gasteiger partial charge in [0.2, 0.25) is 0 Å². The summed E-state index contributed by atoms with van der Waals surface area (Å²) in [5.74, 6) is 0.209. The molecular weight excluding hydrogens is 290 g/mol. The van der Waals surface area contributed by atoms with Crippen LogP contribution in [0.15, 0.2) is 61.2 Å². The summed E-state index contributed by atoms with van der Waals surface area (Å²) in [6, 6.07) is 14.6. The van der Waals surface area contributed by atoms with E-state index < -0.39 is 0 Å². The Balaban J connectivity index is 1.58. The molecule has 0 atom stereocenters. The smallest absolute Gasteiger partial charge is 0.261 e. The van der Waals surface area contributed by atoms with Gasteiger partial charge in [-0.25, -0.2) is 0 Å². The van der Waals surface area contributed by atoms with Crippen LogP contribution in [0.25, 0.3) is 0 Å². The van der Waals surface area contributed by atoms with Gasteiger partial charge in [0.25, 0.3) is 11.8 Å². The maximum absolute atomic E-state index is 12.2. The molecule has 0 fully saturated rings. The summed E-state index contributed by atoms with van der Waals surface area (Å²) in [5.41, 5.74) is 2.09. The Labute approximate surface area is 135 Å². The number of imide groups is 1. The van der Waals surface area contributed by atoms with E-state index in [4.69, 9.17) is 4.74 Å². The minimum atomic E-state index is -0.254. The van der Waals surface area contributed by atoms with Crippen molar-refractivity contribution < 1.29 is 14.3 Å². The number of hydrogen-bond donors (Lipinski definition) is 0. The molecule has 4 nitrogen and oxygen atoms in total. The number of carbonyl (C=O) groups excluding carboxylic acids is 2. The first-order chi connectivity index (χ1) is 11.2. The number of fused-ring (bicyclic) bond motifs is 1. The topological polar surface area (TPSA) is 46.6 Å². The third kappa shape index (κ3) is 3.01. The number of benzene rings is 2. The molecule has 1 heterocycles. The summed E-state index contributed by atoms with van der Waals surface area (Å²) in [4.78, 5) is 25.6. The lowest BCUT2D eigenvalue weighted by atomic mass is 10.1. The molecule has 1 aliphatic heterocycles. The number of amides is 2. The van der Waals surface area contributed by atoms with Crippen molar-refractivity contribution >= 4 is 11.8 Å². The fraction of sp³-hybridized carbons (Fsp3) is 0.158. The molecule has 23 heavy (non-hydrogen) atoms. The van der Waals surface area contributed by atoms with Crippen LogP contribution >= 0.6 is 0 Å². The highest BCUT2D eigenvalue weighted by Gasteiger charge is 2.34. The lowest BCUT2D eigenvalue weighted by molar-refractivity contribution is 0.0631. The zero-order valence-electron chi connectivity index (χ0n) is 12.7. The lowest BCUT2D eigenvalue weighted by Crippen LogP contribution is -2.33. The molecule has 0 radical (unpaired) electrons. The standard InChI is InChI=1S/C19H17NO3/c1-2-5-14-8-10-15(11-9-14)23-13-12-20-18(21)16-6-3-4-7-17(16)19(20)22/h2-4,6-11H,1,5,12-13H2. The van der Waals surface area contributed by atoms with Crippen LogP contribution in [0.4, 0.5) is 0 Å². The van der Waals surface area contributed by atoms with Crippen molar-refractivity contribution in [1.82, 2.24) is 4.90 Å². The van der Waals surface area contributed by atoms with Crippen LogP contribution in [0, 0.1) is 0 Å². The average Bonchev–Trinajstić information content (AvgIpc) is 2.82. The van der Waals surface area contributed by atoms with E-state index in [2.05, 4.69) is 6.58 Å². The predicted molar refractivity (Wildman–Crippen MR) is 87.6 cm³/mol. The van der Waals surface area contributed by atoms with Crippen LogP contribution in [0.3, 0.4) is 0 Å². The first-order valence-electron chi connectivity index (χ1n) is 7.48. The highest BCUT2D eigenvalue weighted by atomic mass is 16.5. The molecule has 4 heteroatoms. The third-order valence-corrected chi connectivity index (χ3v) is 3.77. The van der Waals surface area contributed by atoms with Crippen LogP contribution in [0.5, 0.6) is 5.75 Å². The average molecular weight is 307 g/mol. The number of ether oxygens (including phenoxy) is 1. The van der Waals surface area contributed by atoms with E-state index in [0.29, 0.717) is 11.1 Å². The van der Waals surface area contributed by atoms with E-state index in [1.54, 1.807) is 24.3 Å². The summed E-state index contributed by atoms with van der Waals surface area (Å²) < 4.78 is 5.62. The largest absolute Gasteiger partial charge is 0.492 e. The Hall–Kier alpha value is -2.88. The van der Waals surface area contributed by atoms with Gasteiger partial charge in [0.15, 0.2) is 0 Å². The Morgan fingerprint density at radius 1 is 0.957 bits per heavy atom. The summed E-state index contributed by atoms with van der Waals surface area (Å²) in [6.07, 6.45) is 2.66. The van der Waals surface area contributed by atoms with Gasteiger partial charge in [-0.15, -0.1) is 6.58 Å². The molecular formula is C19H17NO3. The Bertz CT molecular complexity index is 714. The summed E-state index contributed by atoms with van der Waals surface area (Å²) >= 11 is 0. The van der Waals surface area contributed by atoms with Gasteiger partial charge in [0.05, 0.1) is 17.7 Å². The SMILES string of the molecule is C=CCc1ccc(OCCN2C(=O)c3ccccc3C2=O)cc1. The number of allylic oxidation sites excluding steroid dienone is 1. The molecule has 0 aliphatic carbocycles. The first kappa shape index (κ1) is 15.0. The zero-order chi connectivity index (χ0) is 16.2. The van der Waals surface area contributed by atoms with Gasteiger partial charge >= 0.3 is 0 Å². The zero-order valence-corrected chi connectivity index (χ0v) is 12.7. The highest BCUT2D eigenvalue weighted by molar-refractivity contribution is 6.21. The van der Waals surface area contributed by atoms with E-state index in [1.807, 2.05) is 30.3 Å². The second-order valence-corrected chi connectivity index (χ2v) is 5.29. The Morgan fingerprint density at radius 3 is 2.13 bits per heavy atom. The first-order valence-corrected chi connectivity index (χ1v) is 7.48. The number of hydrogen-bond acceptors (Lipinski definition) is 3. The van der Waals surface area contributed by atoms with Gasteiger partial charge in [-0.3, -0.25) is 14.5 Å². The Kier molecular flexibility index (Phi) is 4.24. The van der Waals surface area contributed by atoms with E-state index >= 15 is 0 Å². The Morgan fingerprint density at radius 2 is 1.57 bits per heavy atom. The maximum Gasteiger partial charge on any atom is 0.261 e. The van der Waals surface area contributed by atoms with Gasteiger partial charge in [-0.2, -0.15) is 0 Å². The number of carbonyl (C=O) groups is 2. The van der Waals surface area contributed by atoms with E-state index in [1.165, 1.54) is 4.90 Å². The van der Waals surface area contributed by atoms with Crippen molar-refractivity contribution in [3.05, 3.63) is 77.9 Å². The fourth-order valence-corrected chi connectivity index (χ4v) is 2.59. The van der Waals surface area contributed by atoms with Gasteiger partial charge in [-0.05, 0) is 36.2 Å². The number of rotatable bonds is 6. The summed E-state index contributed by atoms with van der Waals surface area (Å²) in [7, 11) is 0. The van der Waals surface area contributed by atoms with Crippen molar-refractivity contribution in [2.75, 3.05) is 13.2 Å². The van der Waals surface area contributed by atoms with Crippen molar-refractivity contribution in [3.8, 4) is 5.75 Å². The van der Waals surface area contributed by atoms with Crippen LogP contribution in [0.2, 0.25) is 0 Å². The van der Waals surface area contributed by atoms with Crippen molar-refractivity contribution in [2.45, 2.75) is 6.42 Å². The van der Waals surface area contributed by atoms with Crippen LogP contribution in [-0.4, -0.2) is 29.9 Å². The van der Waals surface area contributed by atoms with Crippen molar-refractivity contribution in [2.24, 2.45) is 0 Å². The summed E-state index contributed by atoms with van der Waals surface area (Å²) in [6.45, 7) is 4.21. The highest BCUT2D eigenvalue weighted by Crippen LogP contribution is 2.22. The fourth-order valence-electron chi connectivity index (χ4n) is 2.59. The summed E-state index contributed by atoms with van der Waals surface area (Å²) in [5, 5.41) is 0. The third-order valence-electron chi connectivity index (χ3n) is 3.77. The van der Waals surface area contributed by atoms with Crippen molar-refractivity contribution in [1.29, 1.82) is 0 Å². The predicted octanol–water partition coefficient (Wildman–Crippen LogP) is 3.09. The molecule has 3 rings (SSSR count). The van der Waals surface area contributed by atoms with Gasteiger partial charge < -0.3 is 4.74 Å². The molecule has 2 aromatic rings. The molecule has 0 aromatic heterocycles. The van der Waals surface area contributed by atoms with E-state index in [-0.39, 0.29) is 25.0 Å². The van der Waals surface area contributed by atoms with Gasteiger partial charge in [0.1, 0.15) is 12.4 Å². The van der Waals surface area contributed by atoms with E-state index in [9.17, 15) is 9.59 Å². The molecule has 116 valence electrons. The minimum absolute atomic E-state index is 0.237. The molecule has 0 saturated heterocycles.